The number of para-hydroxylation sites is 1. The van der Waals surface area contributed by atoms with Gasteiger partial charge in [0.15, 0.2) is 11.5 Å². The van der Waals surface area contributed by atoms with Crippen LogP contribution in [0.2, 0.25) is 0 Å². The van der Waals surface area contributed by atoms with E-state index in [0.717, 1.165) is 10.2 Å². The van der Waals surface area contributed by atoms with Gasteiger partial charge >= 0.3 is 0 Å². The van der Waals surface area contributed by atoms with Crippen molar-refractivity contribution in [2.75, 3.05) is 0 Å². The molecule has 0 spiro atoms. The molecule has 8 nitrogen and oxygen atoms in total. The van der Waals surface area contributed by atoms with Gasteiger partial charge in [0, 0.05) is 17.1 Å². The van der Waals surface area contributed by atoms with Crippen molar-refractivity contribution in [3.8, 4) is 11.4 Å². The predicted molar refractivity (Wildman–Crippen MR) is 122 cm³/mol. The van der Waals surface area contributed by atoms with Crippen molar-refractivity contribution in [1.82, 2.24) is 29.6 Å². The van der Waals surface area contributed by atoms with Crippen LogP contribution in [-0.2, 0) is 7.05 Å². The zero-order valence-corrected chi connectivity index (χ0v) is 19.5. The van der Waals surface area contributed by atoms with Gasteiger partial charge in [-0.15, -0.1) is 5.10 Å². The van der Waals surface area contributed by atoms with Gasteiger partial charge in [-0.2, -0.15) is 4.68 Å². The number of hydrogen-bond donors (Lipinski definition) is 0. The molecule has 10 heteroatoms. The number of aromatic nitrogens is 6. The summed E-state index contributed by atoms with van der Waals surface area (Å²) in [5, 5.41) is 11.8. The Bertz CT molecular complexity index is 1290. The molecule has 4 rings (SSSR count). The summed E-state index contributed by atoms with van der Waals surface area (Å²) in [6, 6.07) is 16.6. The molecule has 31 heavy (non-hydrogen) atoms. The molecule has 0 radical (unpaired) electrons. The van der Waals surface area contributed by atoms with E-state index in [0.29, 0.717) is 22.1 Å². The Morgan fingerprint density at radius 1 is 1.10 bits per heavy atom. The molecule has 0 aliphatic rings. The summed E-state index contributed by atoms with van der Waals surface area (Å²) in [4.78, 5) is 26.1. The molecule has 0 fully saturated rings. The average Bonchev–Trinajstić information content (AvgIpc) is 3.30. The molecule has 0 aliphatic carbocycles. The zero-order chi connectivity index (χ0) is 22.1. The van der Waals surface area contributed by atoms with Crippen LogP contribution in [0.1, 0.15) is 23.0 Å². The van der Waals surface area contributed by atoms with Crippen molar-refractivity contribution in [2.24, 2.45) is 7.05 Å². The van der Waals surface area contributed by atoms with Crippen molar-refractivity contribution < 1.29 is 4.79 Å². The lowest BCUT2D eigenvalue weighted by Crippen LogP contribution is -2.22. The molecule has 0 amide bonds. The maximum Gasteiger partial charge on any atom is 0.297 e. The Morgan fingerprint density at radius 2 is 1.77 bits per heavy atom. The molecule has 0 saturated heterocycles. The first-order valence-electron chi connectivity index (χ1n) is 9.47. The molecule has 0 bridgehead atoms. The molecule has 0 aliphatic heterocycles. The Hall–Kier alpha value is -2.98. The number of benzene rings is 2. The van der Waals surface area contributed by atoms with E-state index in [-0.39, 0.29) is 11.3 Å². The first kappa shape index (κ1) is 21.3. The second-order valence-corrected chi connectivity index (χ2v) is 9.14. The molecule has 0 N–H and O–H groups in total. The van der Waals surface area contributed by atoms with Gasteiger partial charge in [0.25, 0.3) is 5.56 Å². The highest BCUT2D eigenvalue weighted by molar-refractivity contribution is 9.10. The smallest absolute Gasteiger partial charge is 0.293 e. The SMILES string of the molecule is Cc1c(-n2nnnc2SC(C)C(=O)c2ccc(Br)cc2)c(=O)n(-c2ccccc2)n1C. The van der Waals surface area contributed by atoms with Crippen LogP contribution in [0.3, 0.4) is 0 Å². The predicted octanol–water partition coefficient (Wildman–Crippen LogP) is 3.59. The Kier molecular flexibility index (Phi) is 5.92. The molecule has 2 aromatic heterocycles. The van der Waals surface area contributed by atoms with E-state index in [1.807, 2.05) is 56.4 Å². The largest absolute Gasteiger partial charge is 0.297 e. The van der Waals surface area contributed by atoms with Gasteiger partial charge in [0.2, 0.25) is 5.16 Å². The topological polar surface area (TPSA) is 87.6 Å². The minimum atomic E-state index is -0.439. The first-order chi connectivity index (χ1) is 14.9. The van der Waals surface area contributed by atoms with Crippen molar-refractivity contribution in [3.63, 3.8) is 0 Å². The molecule has 2 aromatic carbocycles. The van der Waals surface area contributed by atoms with Crippen LogP contribution in [0.25, 0.3) is 11.4 Å². The number of tetrazole rings is 1. The first-order valence-corrected chi connectivity index (χ1v) is 11.1. The van der Waals surface area contributed by atoms with Gasteiger partial charge < -0.3 is 0 Å². The Morgan fingerprint density at radius 3 is 2.45 bits per heavy atom. The molecular weight excluding hydrogens is 480 g/mol. The highest BCUT2D eigenvalue weighted by Gasteiger charge is 2.25. The van der Waals surface area contributed by atoms with E-state index in [9.17, 15) is 9.59 Å². The van der Waals surface area contributed by atoms with Crippen LogP contribution in [0.4, 0.5) is 0 Å². The fourth-order valence-electron chi connectivity index (χ4n) is 3.25. The van der Waals surface area contributed by atoms with Crippen LogP contribution >= 0.6 is 27.7 Å². The van der Waals surface area contributed by atoms with E-state index < -0.39 is 5.25 Å². The lowest BCUT2D eigenvalue weighted by molar-refractivity contribution is 0.0994. The normalized spacial score (nSPS) is 12.1. The lowest BCUT2D eigenvalue weighted by Gasteiger charge is -2.10. The lowest BCUT2D eigenvalue weighted by atomic mass is 10.1. The molecule has 0 saturated carbocycles. The second-order valence-electron chi connectivity index (χ2n) is 6.91. The summed E-state index contributed by atoms with van der Waals surface area (Å²) in [5.74, 6) is -0.0430. The summed E-state index contributed by atoms with van der Waals surface area (Å²) in [6.07, 6.45) is 0. The number of rotatable bonds is 6. The Balaban J connectivity index is 1.68. The minimum Gasteiger partial charge on any atom is -0.293 e. The van der Waals surface area contributed by atoms with Crippen molar-refractivity contribution in [2.45, 2.75) is 24.3 Å². The number of ketones is 1. The van der Waals surface area contributed by atoms with E-state index in [1.54, 1.807) is 28.4 Å². The van der Waals surface area contributed by atoms with Crippen LogP contribution in [0.5, 0.6) is 0 Å². The molecule has 2 heterocycles. The number of carbonyl (C=O) groups is 1. The average molecular weight is 499 g/mol. The fourth-order valence-corrected chi connectivity index (χ4v) is 4.39. The second kappa shape index (κ2) is 8.64. The van der Waals surface area contributed by atoms with E-state index >= 15 is 0 Å². The van der Waals surface area contributed by atoms with Gasteiger partial charge in [-0.3, -0.25) is 14.3 Å². The van der Waals surface area contributed by atoms with Crippen LogP contribution in [0.15, 0.2) is 69.0 Å². The van der Waals surface area contributed by atoms with Crippen LogP contribution in [0, 0.1) is 6.92 Å². The summed E-state index contributed by atoms with van der Waals surface area (Å²) >= 11 is 4.59. The zero-order valence-electron chi connectivity index (χ0n) is 17.1. The maximum absolute atomic E-state index is 13.3. The third kappa shape index (κ3) is 4.00. The van der Waals surface area contributed by atoms with E-state index in [1.165, 1.54) is 16.4 Å². The fraction of sp³-hybridized carbons (Fsp3) is 0.190. The van der Waals surface area contributed by atoms with Gasteiger partial charge in [-0.25, -0.2) is 4.68 Å². The van der Waals surface area contributed by atoms with Crippen molar-refractivity contribution in [1.29, 1.82) is 0 Å². The van der Waals surface area contributed by atoms with Gasteiger partial charge in [0.1, 0.15) is 0 Å². The Labute approximate surface area is 191 Å². The number of carbonyl (C=O) groups excluding carboxylic acids is 1. The molecular formula is C21H19BrN6O2S. The standard InChI is InChI=1S/C21H19BrN6O2S/c1-13-18(20(30)28(26(13)3)17-7-5-4-6-8-17)27-21(23-24-25-27)31-14(2)19(29)15-9-11-16(22)12-10-15/h4-12,14H,1-3H3. The number of halogens is 1. The third-order valence-electron chi connectivity index (χ3n) is 4.96. The highest BCUT2D eigenvalue weighted by atomic mass is 79.9. The number of thioether (sulfide) groups is 1. The van der Waals surface area contributed by atoms with Crippen LogP contribution < -0.4 is 5.56 Å². The monoisotopic (exact) mass is 498 g/mol. The highest BCUT2D eigenvalue weighted by Crippen LogP contribution is 2.26. The van der Waals surface area contributed by atoms with E-state index in [2.05, 4.69) is 31.5 Å². The molecule has 4 aromatic rings. The number of hydrogen-bond acceptors (Lipinski definition) is 6. The summed E-state index contributed by atoms with van der Waals surface area (Å²) in [7, 11) is 1.81. The summed E-state index contributed by atoms with van der Waals surface area (Å²) in [6.45, 7) is 3.64. The van der Waals surface area contributed by atoms with Gasteiger partial charge in [-0.05, 0) is 48.5 Å². The van der Waals surface area contributed by atoms with Gasteiger partial charge in [-0.1, -0.05) is 58.0 Å². The van der Waals surface area contributed by atoms with Crippen LogP contribution in [-0.4, -0.2) is 40.6 Å². The molecule has 158 valence electrons. The summed E-state index contributed by atoms with van der Waals surface area (Å²) in [5.41, 5.74) is 2.15. The van der Waals surface area contributed by atoms with Crippen molar-refractivity contribution >= 4 is 33.5 Å². The third-order valence-corrected chi connectivity index (χ3v) is 6.52. The van der Waals surface area contributed by atoms with Gasteiger partial charge in [0.05, 0.1) is 16.6 Å². The minimum absolute atomic E-state index is 0.0430. The number of nitrogens with zero attached hydrogens (tertiary/aromatic N) is 6. The summed E-state index contributed by atoms with van der Waals surface area (Å²) < 4.78 is 5.65. The quantitative estimate of drug-likeness (QED) is 0.298. The maximum atomic E-state index is 13.3. The van der Waals surface area contributed by atoms with E-state index in [4.69, 9.17) is 0 Å². The number of Topliss-reactive ketones (excluding diaryl/α,β-unsaturated/α-hetero) is 1. The molecule has 1 atom stereocenters. The molecule has 1 unspecified atom stereocenters. The van der Waals surface area contributed by atoms with Crippen molar-refractivity contribution in [3.05, 3.63) is 80.7 Å².